The van der Waals surface area contributed by atoms with Crippen molar-refractivity contribution in [1.29, 1.82) is 0 Å². The second-order valence-corrected chi connectivity index (χ2v) is 6.29. The lowest BCUT2D eigenvalue weighted by molar-refractivity contribution is 1.08. The van der Waals surface area contributed by atoms with Gasteiger partial charge in [-0.05, 0) is 64.0 Å². The zero-order chi connectivity index (χ0) is 13.2. The number of rotatable bonds is 4. The number of hydrogen-bond acceptors (Lipinski definition) is 1. The number of anilines is 1. The monoisotopic (exact) mass is 335 g/mol. The molecule has 0 aromatic heterocycles. The molecule has 1 aliphatic carbocycles. The molecule has 2 aromatic carbocycles. The van der Waals surface area contributed by atoms with Gasteiger partial charge in [0.15, 0.2) is 0 Å². The third-order valence-corrected chi connectivity index (χ3v) is 4.34. The number of halogens is 2. The molecule has 1 saturated carbocycles. The van der Waals surface area contributed by atoms with Crippen molar-refractivity contribution >= 4 is 33.2 Å². The molecule has 3 heteroatoms. The predicted molar refractivity (Wildman–Crippen MR) is 84.9 cm³/mol. The normalized spacial score (nSPS) is 14.4. The number of hydrogen-bond donors (Lipinski definition) is 1. The van der Waals surface area contributed by atoms with E-state index >= 15 is 0 Å². The van der Waals surface area contributed by atoms with E-state index < -0.39 is 0 Å². The minimum Gasteiger partial charge on any atom is -0.380 e. The van der Waals surface area contributed by atoms with Crippen LogP contribution in [0.2, 0.25) is 5.02 Å². The van der Waals surface area contributed by atoms with Gasteiger partial charge in [0.2, 0.25) is 0 Å². The van der Waals surface area contributed by atoms with Crippen molar-refractivity contribution in [3.05, 3.63) is 63.1 Å². The Morgan fingerprint density at radius 3 is 2.79 bits per heavy atom. The van der Waals surface area contributed by atoms with Gasteiger partial charge >= 0.3 is 0 Å². The summed E-state index contributed by atoms with van der Waals surface area (Å²) < 4.78 is 1.04. The Hall–Kier alpha value is -0.990. The zero-order valence-corrected chi connectivity index (χ0v) is 12.8. The van der Waals surface area contributed by atoms with Crippen molar-refractivity contribution < 1.29 is 0 Å². The summed E-state index contributed by atoms with van der Waals surface area (Å²) in [6.07, 6.45) is 2.69. The molecule has 0 amide bonds. The molecular weight excluding hydrogens is 322 g/mol. The Bertz CT molecular complexity index is 593. The van der Waals surface area contributed by atoms with Crippen LogP contribution in [0, 0.1) is 0 Å². The molecule has 1 N–H and O–H groups in total. The van der Waals surface area contributed by atoms with E-state index in [1.807, 2.05) is 18.2 Å². The molecule has 0 bridgehead atoms. The second kappa shape index (κ2) is 5.56. The van der Waals surface area contributed by atoms with Gasteiger partial charge in [-0.3, -0.25) is 0 Å². The van der Waals surface area contributed by atoms with Crippen molar-refractivity contribution in [3.8, 4) is 0 Å². The predicted octanol–water partition coefficient (Wildman–Crippen LogP) is 5.59. The van der Waals surface area contributed by atoms with Crippen LogP contribution in [0.5, 0.6) is 0 Å². The van der Waals surface area contributed by atoms with Crippen LogP contribution in [0.15, 0.2) is 46.9 Å². The van der Waals surface area contributed by atoms with Crippen molar-refractivity contribution in [2.75, 3.05) is 5.32 Å². The summed E-state index contributed by atoms with van der Waals surface area (Å²) in [4.78, 5) is 0. The molecule has 1 nitrogen and oxygen atoms in total. The van der Waals surface area contributed by atoms with Crippen LogP contribution >= 0.6 is 27.5 Å². The summed E-state index contributed by atoms with van der Waals surface area (Å²) in [5.74, 6) is 0.804. The largest absolute Gasteiger partial charge is 0.380 e. The SMILES string of the molecule is Clc1ccc(Br)c(NCc2cccc(C3CC3)c2)c1. The Labute approximate surface area is 127 Å². The van der Waals surface area contributed by atoms with Gasteiger partial charge in [0.25, 0.3) is 0 Å². The maximum Gasteiger partial charge on any atom is 0.0502 e. The topological polar surface area (TPSA) is 12.0 Å². The summed E-state index contributed by atoms with van der Waals surface area (Å²) in [6, 6.07) is 14.6. The Balaban J connectivity index is 1.71. The smallest absolute Gasteiger partial charge is 0.0502 e. The Morgan fingerprint density at radius 1 is 1.16 bits per heavy atom. The second-order valence-electron chi connectivity index (χ2n) is 5.00. The minimum absolute atomic E-state index is 0.748. The van der Waals surface area contributed by atoms with E-state index in [2.05, 4.69) is 45.5 Å². The van der Waals surface area contributed by atoms with Gasteiger partial charge in [0.1, 0.15) is 0 Å². The first-order chi connectivity index (χ1) is 9.22. The fourth-order valence-electron chi connectivity index (χ4n) is 2.20. The van der Waals surface area contributed by atoms with E-state index in [9.17, 15) is 0 Å². The van der Waals surface area contributed by atoms with Crippen LogP contribution in [0.4, 0.5) is 5.69 Å². The fraction of sp³-hybridized carbons (Fsp3) is 0.250. The third-order valence-electron chi connectivity index (χ3n) is 3.41. The lowest BCUT2D eigenvalue weighted by Gasteiger charge is -2.10. The number of benzene rings is 2. The molecule has 0 atom stereocenters. The molecule has 0 saturated heterocycles. The first-order valence-electron chi connectivity index (χ1n) is 6.50. The van der Waals surface area contributed by atoms with E-state index in [-0.39, 0.29) is 0 Å². The standard InChI is InChI=1S/C16H15BrClN/c17-15-7-6-14(18)9-16(15)19-10-11-2-1-3-13(8-11)12-4-5-12/h1-3,6-9,12,19H,4-5,10H2. The highest BCUT2D eigenvalue weighted by molar-refractivity contribution is 9.10. The minimum atomic E-state index is 0.748. The summed E-state index contributed by atoms with van der Waals surface area (Å²) in [6.45, 7) is 0.819. The highest BCUT2D eigenvalue weighted by atomic mass is 79.9. The van der Waals surface area contributed by atoms with Crippen LogP contribution < -0.4 is 5.32 Å². The molecule has 0 unspecified atom stereocenters. The molecule has 0 radical (unpaired) electrons. The maximum absolute atomic E-state index is 6.01. The van der Waals surface area contributed by atoms with Gasteiger partial charge in [-0.1, -0.05) is 35.9 Å². The van der Waals surface area contributed by atoms with Crippen LogP contribution in [0.25, 0.3) is 0 Å². The maximum atomic E-state index is 6.01. The first kappa shape index (κ1) is 13.0. The van der Waals surface area contributed by atoms with Gasteiger partial charge in [-0.2, -0.15) is 0 Å². The van der Waals surface area contributed by atoms with Crippen molar-refractivity contribution in [2.24, 2.45) is 0 Å². The fourth-order valence-corrected chi connectivity index (χ4v) is 2.76. The lowest BCUT2D eigenvalue weighted by atomic mass is 10.1. The van der Waals surface area contributed by atoms with Crippen molar-refractivity contribution in [3.63, 3.8) is 0 Å². The average molecular weight is 337 g/mol. The van der Waals surface area contributed by atoms with E-state index in [1.54, 1.807) is 0 Å². The molecular formula is C16H15BrClN. The molecule has 3 rings (SSSR count). The summed E-state index contributed by atoms with van der Waals surface area (Å²) in [5, 5.41) is 4.17. The van der Waals surface area contributed by atoms with Gasteiger partial charge < -0.3 is 5.32 Å². The molecule has 98 valence electrons. The third kappa shape index (κ3) is 3.31. The average Bonchev–Trinajstić information content (AvgIpc) is 3.25. The highest BCUT2D eigenvalue weighted by Crippen LogP contribution is 2.40. The highest BCUT2D eigenvalue weighted by Gasteiger charge is 2.23. The van der Waals surface area contributed by atoms with E-state index in [0.29, 0.717) is 0 Å². The lowest BCUT2D eigenvalue weighted by Crippen LogP contribution is -2.00. The molecule has 0 heterocycles. The van der Waals surface area contributed by atoms with E-state index in [4.69, 9.17) is 11.6 Å². The van der Waals surface area contributed by atoms with Gasteiger partial charge in [-0.15, -0.1) is 0 Å². The Kier molecular flexibility index (Phi) is 3.81. The molecule has 0 spiro atoms. The number of nitrogens with one attached hydrogen (secondary N) is 1. The van der Waals surface area contributed by atoms with Crippen molar-refractivity contribution in [1.82, 2.24) is 0 Å². The van der Waals surface area contributed by atoms with Crippen LogP contribution in [-0.2, 0) is 6.54 Å². The van der Waals surface area contributed by atoms with Crippen LogP contribution in [-0.4, -0.2) is 0 Å². The molecule has 1 fully saturated rings. The zero-order valence-electron chi connectivity index (χ0n) is 10.5. The Morgan fingerprint density at radius 2 is 2.00 bits per heavy atom. The van der Waals surface area contributed by atoms with E-state index in [1.165, 1.54) is 24.0 Å². The quantitative estimate of drug-likeness (QED) is 0.767. The summed E-state index contributed by atoms with van der Waals surface area (Å²) >= 11 is 9.54. The molecule has 1 aliphatic rings. The van der Waals surface area contributed by atoms with Gasteiger partial charge in [0, 0.05) is 16.0 Å². The summed E-state index contributed by atoms with van der Waals surface area (Å²) in [7, 11) is 0. The van der Waals surface area contributed by atoms with Crippen molar-refractivity contribution in [2.45, 2.75) is 25.3 Å². The van der Waals surface area contributed by atoms with E-state index in [0.717, 1.165) is 27.6 Å². The molecule has 0 aliphatic heterocycles. The molecule has 19 heavy (non-hydrogen) atoms. The molecule has 2 aromatic rings. The van der Waals surface area contributed by atoms with Gasteiger partial charge in [0.05, 0.1) is 5.69 Å². The first-order valence-corrected chi connectivity index (χ1v) is 7.67. The van der Waals surface area contributed by atoms with Gasteiger partial charge in [-0.25, -0.2) is 0 Å². The van der Waals surface area contributed by atoms with Crippen LogP contribution in [0.1, 0.15) is 29.9 Å². The summed E-state index contributed by atoms with van der Waals surface area (Å²) in [5.41, 5.74) is 3.82. The van der Waals surface area contributed by atoms with Crippen LogP contribution in [0.3, 0.4) is 0 Å².